The van der Waals surface area contributed by atoms with Crippen molar-refractivity contribution < 1.29 is 22.6 Å². The number of sulfonamides is 1. The molecule has 1 saturated heterocycles. The molecule has 0 bridgehead atoms. The van der Waals surface area contributed by atoms with Crippen LogP contribution in [0.1, 0.15) is 18.4 Å². The van der Waals surface area contributed by atoms with Gasteiger partial charge in [0.2, 0.25) is 10.0 Å². The lowest BCUT2D eigenvalue weighted by molar-refractivity contribution is 0.0213. The smallest absolute Gasteiger partial charge is 0.247 e. The van der Waals surface area contributed by atoms with E-state index in [4.69, 9.17) is 14.2 Å². The van der Waals surface area contributed by atoms with E-state index in [0.717, 1.165) is 18.4 Å². The van der Waals surface area contributed by atoms with E-state index in [1.165, 1.54) is 7.11 Å². The Morgan fingerprint density at radius 3 is 2.73 bits per heavy atom. The van der Waals surface area contributed by atoms with Gasteiger partial charge in [-0.15, -0.1) is 0 Å². The van der Waals surface area contributed by atoms with Crippen LogP contribution in [-0.2, 0) is 26.1 Å². The molecule has 0 amide bonds. The minimum Gasteiger partial charge on any atom is -0.495 e. The molecule has 7 heteroatoms. The fourth-order valence-corrected chi connectivity index (χ4v) is 4.93. The number of morpholine rings is 1. The average molecular weight is 327 g/mol. The minimum absolute atomic E-state index is 0.206. The highest BCUT2D eigenvalue weighted by Crippen LogP contribution is 2.47. The maximum absolute atomic E-state index is 13.1. The van der Waals surface area contributed by atoms with Crippen molar-refractivity contribution in [3.05, 3.63) is 23.8 Å². The van der Waals surface area contributed by atoms with Crippen LogP contribution in [0.3, 0.4) is 0 Å². The second kappa shape index (κ2) is 5.81. The van der Waals surface area contributed by atoms with E-state index in [1.807, 2.05) is 6.07 Å². The fraction of sp³-hybridized carbons (Fsp3) is 0.600. The molecule has 1 heterocycles. The summed E-state index contributed by atoms with van der Waals surface area (Å²) in [5.74, 6) is 0.363. The largest absolute Gasteiger partial charge is 0.495 e. The summed E-state index contributed by atoms with van der Waals surface area (Å²) in [6.07, 6.45) is 1.71. The van der Waals surface area contributed by atoms with Crippen LogP contribution < -0.4 is 4.74 Å². The highest BCUT2D eigenvalue weighted by Gasteiger charge is 2.55. The van der Waals surface area contributed by atoms with E-state index >= 15 is 0 Å². The molecular formula is C15H21NO5S. The zero-order chi connectivity index (χ0) is 15.8. The first-order valence-corrected chi connectivity index (χ1v) is 8.74. The third-order valence-corrected chi connectivity index (χ3v) is 6.30. The number of ether oxygens (including phenoxy) is 3. The summed E-state index contributed by atoms with van der Waals surface area (Å²) in [6.45, 7) is 1.66. The van der Waals surface area contributed by atoms with Crippen LogP contribution in [0, 0.1) is 0 Å². The molecule has 0 unspecified atom stereocenters. The summed E-state index contributed by atoms with van der Waals surface area (Å²) in [7, 11) is -0.552. The molecule has 22 heavy (non-hydrogen) atoms. The molecule has 1 aromatic rings. The van der Waals surface area contributed by atoms with Gasteiger partial charge < -0.3 is 14.2 Å². The van der Waals surface area contributed by atoms with Crippen molar-refractivity contribution in [1.29, 1.82) is 0 Å². The molecule has 0 atom stereocenters. The van der Waals surface area contributed by atoms with E-state index in [-0.39, 0.29) is 10.4 Å². The molecule has 0 N–H and O–H groups in total. The number of hydrogen-bond donors (Lipinski definition) is 0. The average Bonchev–Trinajstić information content (AvgIpc) is 3.27. The fourth-order valence-electron chi connectivity index (χ4n) is 2.93. The maximum Gasteiger partial charge on any atom is 0.247 e. The third kappa shape index (κ3) is 2.62. The van der Waals surface area contributed by atoms with Gasteiger partial charge in [-0.1, -0.05) is 6.07 Å². The monoisotopic (exact) mass is 327 g/mol. The Morgan fingerprint density at radius 1 is 1.32 bits per heavy atom. The van der Waals surface area contributed by atoms with Gasteiger partial charge in [0.05, 0.1) is 32.5 Å². The summed E-state index contributed by atoms with van der Waals surface area (Å²) in [4.78, 5) is 0.206. The molecular weight excluding hydrogens is 306 g/mol. The van der Waals surface area contributed by atoms with Crippen molar-refractivity contribution in [2.45, 2.75) is 29.9 Å². The molecule has 0 aromatic heterocycles. The molecule has 1 spiro atoms. The second-order valence-electron chi connectivity index (χ2n) is 5.77. The Balaban J connectivity index is 2.02. The van der Waals surface area contributed by atoms with Gasteiger partial charge in [-0.25, -0.2) is 8.42 Å². The number of rotatable bonds is 5. The second-order valence-corrected chi connectivity index (χ2v) is 7.60. The summed E-state index contributed by atoms with van der Waals surface area (Å²) in [5, 5.41) is 0. The van der Waals surface area contributed by atoms with Crippen LogP contribution >= 0.6 is 0 Å². The van der Waals surface area contributed by atoms with Crippen LogP contribution in [0.4, 0.5) is 0 Å². The molecule has 6 nitrogen and oxygen atoms in total. The van der Waals surface area contributed by atoms with Crippen LogP contribution in [0.25, 0.3) is 0 Å². The molecule has 1 aromatic carbocycles. The van der Waals surface area contributed by atoms with E-state index in [2.05, 4.69) is 0 Å². The maximum atomic E-state index is 13.1. The van der Waals surface area contributed by atoms with Gasteiger partial charge in [0.15, 0.2) is 0 Å². The molecule has 1 aliphatic carbocycles. The molecule has 0 radical (unpaired) electrons. The first kappa shape index (κ1) is 15.7. The van der Waals surface area contributed by atoms with E-state index in [9.17, 15) is 8.42 Å². The summed E-state index contributed by atoms with van der Waals surface area (Å²) >= 11 is 0. The summed E-state index contributed by atoms with van der Waals surface area (Å²) in [5.41, 5.74) is 0.458. The third-order valence-electron chi connectivity index (χ3n) is 4.27. The van der Waals surface area contributed by atoms with Gasteiger partial charge in [-0.05, 0) is 30.5 Å². The Bertz CT molecular complexity index is 654. The van der Waals surface area contributed by atoms with Crippen LogP contribution in [0.5, 0.6) is 5.75 Å². The van der Waals surface area contributed by atoms with Gasteiger partial charge >= 0.3 is 0 Å². The standard InChI is InChI=1S/C15H21NO5S/c1-19-10-12-3-4-13(20-2)14(9-12)22(17,18)16-7-8-21-11-15(16)5-6-15/h3-4,9H,5-8,10-11H2,1-2H3. The van der Waals surface area contributed by atoms with Gasteiger partial charge in [-0.2, -0.15) is 4.31 Å². The lowest BCUT2D eigenvalue weighted by Crippen LogP contribution is -2.50. The van der Waals surface area contributed by atoms with Crippen LogP contribution in [-0.4, -0.2) is 52.2 Å². The Labute approximate surface area is 131 Å². The highest BCUT2D eigenvalue weighted by atomic mass is 32.2. The van der Waals surface area contributed by atoms with Crippen molar-refractivity contribution in [2.75, 3.05) is 34.0 Å². The number of nitrogens with zero attached hydrogens (tertiary/aromatic N) is 1. The van der Waals surface area contributed by atoms with Gasteiger partial charge in [-0.3, -0.25) is 0 Å². The topological polar surface area (TPSA) is 65.1 Å². The molecule has 1 saturated carbocycles. The SMILES string of the molecule is COCc1ccc(OC)c(S(=O)(=O)N2CCOCC23CC3)c1. The highest BCUT2D eigenvalue weighted by molar-refractivity contribution is 7.89. The summed E-state index contributed by atoms with van der Waals surface area (Å²) < 4.78 is 43.7. The van der Waals surface area contributed by atoms with Gasteiger partial charge in [0, 0.05) is 13.7 Å². The lowest BCUT2D eigenvalue weighted by Gasteiger charge is -2.35. The first-order valence-electron chi connectivity index (χ1n) is 7.30. The minimum atomic E-state index is -3.62. The number of methoxy groups -OCH3 is 2. The van der Waals surface area contributed by atoms with Crippen molar-refractivity contribution in [3.8, 4) is 5.75 Å². The van der Waals surface area contributed by atoms with Crippen LogP contribution in [0.2, 0.25) is 0 Å². The number of hydrogen-bond acceptors (Lipinski definition) is 5. The van der Waals surface area contributed by atoms with Gasteiger partial charge in [0.25, 0.3) is 0 Å². The zero-order valence-electron chi connectivity index (χ0n) is 12.9. The van der Waals surface area contributed by atoms with Crippen LogP contribution in [0.15, 0.2) is 23.1 Å². The summed E-state index contributed by atoms with van der Waals surface area (Å²) in [6, 6.07) is 5.14. The normalized spacial score (nSPS) is 21.0. The van der Waals surface area contributed by atoms with E-state index < -0.39 is 10.0 Å². The van der Waals surface area contributed by atoms with Crippen molar-refractivity contribution in [3.63, 3.8) is 0 Å². The predicted molar refractivity (Wildman–Crippen MR) is 80.4 cm³/mol. The molecule has 2 aliphatic rings. The van der Waals surface area contributed by atoms with E-state index in [1.54, 1.807) is 23.5 Å². The Morgan fingerprint density at radius 2 is 2.09 bits per heavy atom. The molecule has 2 fully saturated rings. The predicted octanol–water partition coefficient (Wildman–Crippen LogP) is 1.40. The Hall–Kier alpha value is -1.15. The van der Waals surface area contributed by atoms with Crippen molar-refractivity contribution >= 4 is 10.0 Å². The lowest BCUT2D eigenvalue weighted by atomic mass is 10.2. The zero-order valence-corrected chi connectivity index (χ0v) is 13.7. The molecule has 122 valence electrons. The molecule has 1 aliphatic heterocycles. The molecule has 3 rings (SSSR count). The Kier molecular flexibility index (Phi) is 4.15. The van der Waals surface area contributed by atoms with Crippen molar-refractivity contribution in [1.82, 2.24) is 4.31 Å². The van der Waals surface area contributed by atoms with Crippen molar-refractivity contribution in [2.24, 2.45) is 0 Å². The quantitative estimate of drug-likeness (QED) is 0.818. The first-order chi connectivity index (χ1) is 10.5. The van der Waals surface area contributed by atoms with E-state index in [0.29, 0.717) is 32.1 Å². The number of benzene rings is 1. The van der Waals surface area contributed by atoms with Gasteiger partial charge in [0.1, 0.15) is 10.6 Å².